The fourth-order valence-electron chi connectivity index (χ4n) is 1.93. The summed E-state index contributed by atoms with van der Waals surface area (Å²) in [5.41, 5.74) is 7.30. The molecule has 1 heterocycles. The maximum Gasteiger partial charge on any atom is 0.238 e. The standard InChI is InChI=1S/C12H16N2O2S/c1-8-7-9(3-4-10(8)13)17(16)11-5-6-14(2)12(11)15/h3-4,7,11H,5-6,13H2,1-2H3. The van der Waals surface area contributed by atoms with Crippen molar-refractivity contribution in [3.05, 3.63) is 23.8 Å². The van der Waals surface area contributed by atoms with Crippen LogP contribution in [0.1, 0.15) is 12.0 Å². The first-order valence-electron chi connectivity index (χ1n) is 5.52. The number of likely N-dealkylation sites (tertiary alicyclic amines) is 1. The van der Waals surface area contributed by atoms with Gasteiger partial charge in [-0.1, -0.05) is 0 Å². The topological polar surface area (TPSA) is 63.4 Å². The zero-order chi connectivity index (χ0) is 12.6. The summed E-state index contributed by atoms with van der Waals surface area (Å²) in [6.07, 6.45) is 0.658. The normalized spacial score (nSPS) is 21.9. The van der Waals surface area contributed by atoms with Crippen molar-refractivity contribution >= 4 is 22.4 Å². The zero-order valence-electron chi connectivity index (χ0n) is 9.97. The van der Waals surface area contributed by atoms with Gasteiger partial charge in [0, 0.05) is 24.2 Å². The average molecular weight is 252 g/mol. The molecule has 0 saturated carbocycles. The largest absolute Gasteiger partial charge is 0.399 e. The minimum atomic E-state index is -1.27. The van der Waals surface area contributed by atoms with Crippen LogP contribution in [-0.2, 0) is 15.6 Å². The Morgan fingerprint density at radius 2 is 2.18 bits per heavy atom. The van der Waals surface area contributed by atoms with Crippen molar-refractivity contribution < 1.29 is 9.00 Å². The number of amides is 1. The predicted molar refractivity (Wildman–Crippen MR) is 68.0 cm³/mol. The van der Waals surface area contributed by atoms with Gasteiger partial charge in [-0.2, -0.15) is 0 Å². The number of carbonyl (C=O) groups excluding carboxylic acids is 1. The van der Waals surface area contributed by atoms with Crippen molar-refractivity contribution in [3.8, 4) is 0 Å². The van der Waals surface area contributed by atoms with E-state index in [4.69, 9.17) is 5.73 Å². The van der Waals surface area contributed by atoms with E-state index in [0.29, 0.717) is 23.5 Å². The monoisotopic (exact) mass is 252 g/mol. The summed E-state index contributed by atoms with van der Waals surface area (Å²) in [5, 5.41) is -0.400. The van der Waals surface area contributed by atoms with Gasteiger partial charge in [-0.05, 0) is 37.1 Å². The number of hydrogen-bond donors (Lipinski definition) is 1. The van der Waals surface area contributed by atoms with Crippen LogP contribution >= 0.6 is 0 Å². The number of aryl methyl sites for hydroxylation is 1. The average Bonchev–Trinajstić information content (AvgIpc) is 2.63. The minimum Gasteiger partial charge on any atom is -0.399 e. The highest BCUT2D eigenvalue weighted by Gasteiger charge is 2.34. The van der Waals surface area contributed by atoms with Gasteiger partial charge in [0.15, 0.2) is 0 Å². The second kappa shape index (κ2) is 4.49. The van der Waals surface area contributed by atoms with E-state index in [1.165, 1.54) is 0 Å². The van der Waals surface area contributed by atoms with E-state index in [1.807, 2.05) is 6.92 Å². The lowest BCUT2D eigenvalue weighted by molar-refractivity contribution is -0.126. The Morgan fingerprint density at radius 3 is 2.71 bits per heavy atom. The van der Waals surface area contributed by atoms with Crippen molar-refractivity contribution in [2.24, 2.45) is 0 Å². The molecule has 1 aromatic carbocycles. The van der Waals surface area contributed by atoms with Gasteiger partial charge in [-0.25, -0.2) is 0 Å². The summed E-state index contributed by atoms with van der Waals surface area (Å²) >= 11 is 0. The molecule has 92 valence electrons. The quantitative estimate of drug-likeness (QED) is 0.796. The number of benzene rings is 1. The number of nitrogens with two attached hydrogens (primary N) is 1. The maximum absolute atomic E-state index is 12.3. The minimum absolute atomic E-state index is 0.0298. The van der Waals surface area contributed by atoms with Crippen LogP contribution < -0.4 is 5.73 Å². The maximum atomic E-state index is 12.3. The van der Waals surface area contributed by atoms with Crippen molar-refractivity contribution in [2.45, 2.75) is 23.5 Å². The van der Waals surface area contributed by atoms with Crippen molar-refractivity contribution in [2.75, 3.05) is 19.3 Å². The molecule has 1 saturated heterocycles. The van der Waals surface area contributed by atoms with Crippen LogP contribution in [0, 0.1) is 6.92 Å². The predicted octanol–water partition coefficient (Wildman–Crippen LogP) is 0.916. The van der Waals surface area contributed by atoms with Gasteiger partial charge < -0.3 is 10.6 Å². The molecule has 2 unspecified atom stereocenters. The highest BCUT2D eigenvalue weighted by molar-refractivity contribution is 7.86. The molecule has 5 heteroatoms. The second-order valence-electron chi connectivity index (χ2n) is 4.35. The number of rotatable bonds is 2. The highest BCUT2D eigenvalue weighted by atomic mass is 32.2. The second-order valence-corrected chi connectivity index (χ2v) is 5.99. The van der Waals surface area contributed by atoms with Crippen LogP contribution in [-0.4, -0.2) is 33.9 Å². The lowest BCUT2D eigenvalue weighted by atomic mass is 10.2. The molecular formula is C12H16N2O2S. The van der Waals surface area contributed by atoms with Crippen LogP contribution in [0.5, 0.6) is 0 Å². The summed E-state index contributed by atoms with van der Waals surface area (Å²) in [6.45, 7) is 2.56. The van der Waals surface area contributed by atoms with Gasteiger partial charge in [0.25, 0.3) is 0 Å². The fraction of sp³-hybridized carbons (Fsp3) is 0.417. The number of anilines is 1. The van der Waals surface area contributed by atoms with Crippen LogP contribution in [0.4, 0.5) is 5.69 Å². The van der Waals surface area contributed by atoms with E-state index in [1.54, 1.807) is 30.1 Å². The molecule has 0 aromatic heterocycles. The zero-order valence-corrected chi connectivity index (χ0v) is 10.8. The number of nitrogens with zero attached hydrogens (tertiary/aromatic N) is 1. The lowest BCUT2D eigenvalue weighted by Gasteiger charge is -2.11. The summed E-state index contributed by atoms with van der Waals surface area (Å²) in [5.74, 6) is -0.0298. The summed E-state index contributed by atoms with van der Waals surface area (Å²) in [6, 6.07) is 5.28. The Kier molecular flexibility index (Phi) is 3.19. The molecule has 2 atom stereocenters. The van der Waals surface area contributed by atoms with Crippen LogP contribution in [0.25, 0.3) is 0 Å². The van der Waals surface area contributed by atoms with Crippen LogP contribution in [0.15, 0.2) is 23.1 Å². The molecule has 17 heavy (non-hydrogen) atoms. The Hall–Kier alpha value is -1.36. The molecule has 4 nitrogen and oxygen atoms in total. The highest BCUT2D eigenvalue weighted by Crippen LogP contribution is 2.23. The van der Waals surface area contributed by atoms with E-state index < -0.39 is 16.0 Å². The Morgan fingerprint density at radius 1 is 1.47 bits per heavy atom. The Bertz CT molecular complexity index is 487. The van der Waals surface area contributed by atoms with E-state index in [2.05, 4.69) is 0 Å². The van der Waals surface area contributed by atoms with Gasteiger partial charge in [-0.15, -0.1) is 0 Å². The first-order valence-corrected chi connectivity index (χ1v) is 6.73. The smallest absolute Gasteiger partial charge is 0.238 e. The van der Waals surface area contributed by atoms with E-state index in [9.17, 15) is 9.00 Å². The number of nitrogen functional groups attached to an aromatic ring is 1. The molecule has 1 aliphatic heterocycles. The Balaban J connectivity index is 2.26. The fourth-order valence-corrected chi connectivity index (χ4v) is 3.43. The molecule has 0 spiro atoms. The van der Waals surface area contributed by atoms with Crippen molar-refractivity contribution in [3.63, 3.8) is 0 Å². The molecule has 2 N–H and O–H groups in total. The summed E-state index contributed by atoms with van der Waals surface area (Å²) in [4.78, 5) is 14.1. The summed E-state index contributed by atoms with van der Waals surface area (Å²) < 4.78 is 12.3. The van der Waals surface area contributed by atoms with Crippen LogP contribution in [0.2, 0.25) is 0 Å². The van der Waals surface area contributed by atoms with Gasteiger partial charge in [-0.3, -0.25) is 9.00 Å². The van der Waals surface area contributed by atoms with Crippen LogP contribution in [0.3, 0.4) is 0 Å². The molecular weight excluding hydrogens is 236 g/mol. The molecule has 1 aliphatic rings. The van der Waals surface area contributed by atoms with Gasteiger partial charge in [0.2, 0.25) is 5.91 Å². The van der Waals surface area contributed by atoms with Gasteiger partial charge in [0.05, 0.1) is 10.8 Å². The van der Waals surface area contributed by atoms with Gasteiger partial charge >= 0.3 is 0 Å². The molecule has 0 bridgehead atoms. The van der Waals surface area contributed by atoms with E-state index in [0.717, 1.165) is 5.56 Å². The van der Waals surface area contributed by atoms with Crippen molar-refractivity contribution in [1.29, 1.82) is 0 Å². The Labute approximate surface area is 103 Å². The van der Waals surface area contributed by atoms with Gasteiger partial charge in [0.1, 0.15) is 5.25 Å². The molecule has 2 rings (SSSR count). The molecule has 0 radical (unpaired) electrons. The first-order chi connectivity index (χ1) is 8.00. The van der Waals surface area contributed by atoms with E-state index >= 15 is 0 Å². The molecule has 1 amide bonds. The third kappa shape index (κ3) is 2.20. The SMILES string of the molecule is Cc1cc(S(=O)C2CCN(C)C2=O)ccc1N. The lowest BCUT2D eigenvalue weighted by Crippen LogP contribution is -2.28. The number of hydrogen-bond acceptors (Lipinski definition) is 3. The molecule has 1 fully saturated rings. The van der Waals surface area contributed by atoms with E-state index in [-0.39, 0.29) is 5.91 Å². The third-order valence-electron chi connectivity index (χ3n) is 3.11. The van der Waals surface area contributed by atoms with Crippen molar-refractivity contribution in [1.82, 2.24) is 4.90 Å². The number of carbonyl (C=O) groups is 1. The molecule has 1 aromatic rings. The molecule has 0 aliphatic carbocycles. The third-order valence-corrected chi connectivity index (χ3v) is 4.78. The first kappa shape index (κ1) is 12.1. The summed E-state index contributed by atoms with van der Waals surface area (Å²) in [7, 11) is 0.469.